The van der Waals surface area contributed by atoms with E-state index in [1.165, 1.54) is 30.3 Å². The summed E-state index contributed by atoms with van der Waals surface area (Å²) >= 11 is 3.40. The van der Waals surface area contributed by atoms with E-state index in [1.54, 1.807) is 12.1 Å². The molecule has 0 aromatic heterocycles. The lowest BCUT2D eigenvalue weighted by molar-refractivity contribution is -0.384. The number of hydrogen-bond donors (Lipinski definition) is 2. The van der Waals surface area contributed by atoms with Gasteiger partial charge in [-0.05, 0) is 43.0 Å². The number of carbonyl (C=O) groups excluding carboxylic acids is 2. The Labute approximate surface area is 210 Å². The molecule has 2 saturated heterocycles. The summed E-state index contributed by atoms with van der Waals surface area (Å²) in [7, 11) is 0. The van der Waals surface area contributed by atoms with E-state index in [2.05, 4.69) is 15.9 Å². The van der Waals surface area contributed by atoms with E-state index in [4.69, 9.17) is 4.74 Å². The minimum atomic E-state index is -1.66. The van der Waals surface area contributed by atoms with E-state index >= 15 is 0 Å². The second kappa shape index (κ2) is 8.39. The van der Waals surface area contributed by atoms with Crippen molar-refractivity contribution in [2.75, 3.05) is 4.90 Å². The van der Waals surface area contributed by atoms with Gasteiger partial charge in [-0.3, -0.25) is 19.7 Å². The van der Waals surface area contributed by atoms with E-state index in [-0.39, 0.29) is 35.9 Å². The molecule has 6 atom stereocenters. The number of nitro groups is 1. The Bertz CT molecular complexity index is 1230. The number of amides is 2. The number of ether oxygens (including phenoxy) is 1. The van der Waals surface area contributed by atoms with E-state index in [0.717, 1.165) is 9.37 Å². The molecule has 3 aliphatic rings. The molecule has 0 unspecified atom stereocenters. The number of non-ortho nitro benzene ring substituents is 1. The van der Waals surface area contributed by atoms with Gasteiger partial charge in [0.25, 0.3) is 5.69 Å². The monoisotopic (exact) mass is 544 g/mol. The number of halogens is 1. The summed E-state index contributed by atoms with van der Waals surface area (Å²) in [5.41, 5.74) is 0.422. The third-order valence-electron chi connectivity index (χ3n) is 7.72. The maximum absolute atomic E-state index is 13.7. The van der Waals surface area contributed by atoms with Crippen LogP contribution in [-0.4, -0.2) is 32.7 Å². The zero-order valence-electron chi connectivity index (χ0n) is 19.1. The molecule has 5 rings (SSSR count). The third-order valence-corrected chi connectivity index (χ3v) is 8.21. The fraction of sp³-hybridized carbons (Fsp3) is 0.440. The van der Waals surface area contributed by atoms with Crippen LogP contribution in [0.5, 0.6) is 5.75 Å². The molecule has 2 amide bonds. The number of fused-ring (bicyclic) bond motifs is 3. The van der Waals surface area contributed by atoms with Crippen molar-refractivity contribution in [3.63, 3.8) is 0 Å². The van der Waals surface area contributed by atoms with E-state index in [1.807, 2.05) is 13.8 Å². The summed E-state index contributed by atoms with van der Waals surface area (Å²) < 4.78 is 6.97. The first-order valence-corrected chi connectivity index (χ1v) is 12.3. The number of hydrogen-bond acceptors (Lipinski definition) is 7. The van der Waals surface area contributed by atoms with E-state index in [0.29, 0.717) is 5.56 Å². The molecule has 10 heteroatoms. The molecule has 184 valence electrons. The molecule has 2 heterocycles. The first-order valence-electron chi connectivity index (χ1n) is 11.5. The topological polar surface area (TPSA) is 130 Å². The first kappa shape index (κ1) is 23.9. The van der Waals surface area contributed by atoms with Crippen LogP contribution in [0, 0.1) is 39.7 Å². The van der Waals surface area contributed by atoms with Crippen molar-refractivity contribution in [3.8, 4) is 5.75 Å². The maximum atomic E-state index is 13.7. The van der Waals surface area contributed by atoms with Crippen LogP contribution in [0.25, 0.3) is 0 Å². The number of imide groups is 1. The Morgan fingerprint density at radius 2 is 1.91 bits per heavy atom. The fourth-order valence-electron chi connectivity index (χ4n) is 6.14. The number of nitro benzene ring substituents is 1. The molecule has 9 nitrogen and oxygen atoms in total. The molecular formula is C25H25BrN2O7. The number of aliphatic hydroxyl groups is 1. The summed E-state index contributed by atoms with van der Waals surface area (Å²) in [5.74, 6) is -5.20. The molecule has 0 radical (unpaired) electrons. The standard InChI is InChI=1S/C25H25BrN2O7/c1-12(2)18-10-17-22(24(31)27(23(17)30)14-4-3-5-15(9-14)28(33)34)19-11-21(35-25(18,19)32)16-8-13(26)6-7-20(16)29/h3-9,12,17-19,21-22,29,32H,10-11H2,1-2H3/t17-,18+,19-,21-,22-,25+/m0/s1. The molecule has 2 N–H and O–H groups in total. The molecule has 1 saturated carbocycles. The highest BCUT2D eigenvalue weighted by atomic mass is 79.9. The maximum Gasteiger partial charge on any atom is 0.271 e. The van der Waals surface area contributed by atoms with Crippen LogP contribution in [0.2, 0.25) is 0 Å². The Morgan fingerprint density at radius 3 is 2.60 bits per heavy atom. The molecule has 2 aliphatic heterocycles. The molecule has 0 bridgehead atoms. The predicted molar refractivity (Wildman–Crippen MR) is 128 cm³/mol. The van der Waals surface area contributed by atoms with Crippen molar-refractivity contribution in [1.29, 1.82) is 0 Å². The number of nitrogens with zero attached hydrogens (tertiary/aromatic N) is 2. The highest BCUT2D eigenvalue weighted by Crippen LogP contribution is 2.60. The molecular weight excluding hydrogens is 520 g/mol. The van der Waals surface area contributed by atoms with Crippen LogP contribution in [0.15, 0.2) is 46.9 Å². The Morgan fingerprint density at radius 1 is 1.17 bits per heavy atom. The Balaban J connectivity index is 1.56. The summed E-state index contributed by atoms with van der Waals surface area (Å²) in [5, 5.41) is 33.6. The van der Waals surface area contributed by atoms with Gasteiger partial charge in [-0.1, -0.05) is 35.8 Å². The van der Waals surface area contributed by atoms with Gasteiger partial charge in [-0.2, -0.15) is 0 Å². The smallest absolute Gasteiger partial charge is 0.271 e. The number of phenolic OH excluding ortho intramolecular Hbond substituents is 1. The van der Waals surface area contributed by atoms with Crippen molar-refractivity contribution >= 4 is 39.1 Å². The summed E-state index contributed by atoms with van der Waals surface area (Å²) in [4.78, 5) is 38.9. The zero-order valence-corrected chi connectivity index (χ0v) is 20.7. The van der Waals surface area contributed by atoms with Gasteiger partial charge in [0, 0.05) is 34.0 Å². The van der Waals surface area contributed by atoms with Crippen molar-refractivity contribution in [3.05, 3.63) is 62.6 Å². The normalized spacial score (nSPS) is 32.1. The lowest BCUT2D eigenvalue weighted by atomic mass is 9.62. The lowest BCUT2D eigenvalue weighted by Crippen LogP contribution is -2.55. The second-order valence-electron chi connectivity index (χ2n) is 9.91. The van der Waals surface area contributed by atoms with Crippen LogP contribution in [-0.2, 0) is 14.3 Å². The van der Waals surface area contributed by atoms with E-state index in [9.17, 15) is 29.9 Å². The number of aromatic hydroxyl groups is 1. The molecule has 0 spiro atoms. The third kappa shape index (κ3) is 3.66. The number of anilines is 1. The van der Waals surface area contributed by atoms with Gasteiger partial charge in [0.2, 0.25) is 11.8 Å². The SMILES string of the molecule is CC(C)[C@H]1C[C@@H]2C(=O)N(c3cccc([N+](=O)[O-])c3)C(=O)[C@@H]2[C@@H]2C[C@@H](c3cc(Br)ccc3O)O[C@]12O. The molecule has 35 heavy (non-hydrogen) atoms. The average Bonchev–Trinajstić information content (AvgIpc) is 3.28. The predicted octanol–water partition coefficient (Wildman–Crippen LogP) is 4.31. The van der Waals surface area contributed by atoms with Gasteiger partial charge in [0.05, 0.1) is 28.6 Å². The Kier molecular flexibility index (Phi) is 5.73. The van der Waals surface area contributed by atoms with Crippen LogP contribution < -0.4 is 4.90 Å². The first-order chi connectivity index (χ1) is 16.5. The van der Waals surface area contributed by atoms with Gasteiger partial charge < -0.3 is 14.9 Å². The zero-order chi connectivity index (χ0) is 25.2. The largest absolute Gasteiger partial charge is 0.508 e. The van der Waals surface area contributed by atoms with Crippen molar-refractivity contribution in [2.45, 2.75) is 38.6 Å². The number of rotatable bonds is 4. The van der Waals surface area contributed by atoms with Crippen molar-refractivity contribution in [2.24, 2.45) is 29.6 Å². The Hall–Kier alpha value is -2.82. The van der Waals surface area contributed by atoms with Crippen LogP contribution in [0.1, 0.15) is 38.4 Å². The second-order valence-corrected chi connectivity index (χ2v) is 10.8. The fourth-order valence-corrected chi connectivity index (χ4v) is 6.52. The highest BCUT2D eigenvalue weighted by molar-refractivity contribution is 9.10. The van der Waals surface area contributed by atoms with Crippen LogP contribution in [0.3, 0.4) is 0 Å². The molecule has 2 aromatic carbocycles. The molecule has 2 aromatic rings. The van der Waals surface area contributed by atoms with Gasteiger partial charge in [0.1, 0.15) is 5.75 Å². The number of carbonyl (C=O) groups is 2. The number of benzene rings is 2. The van der Waals surface area contributed by atoms with Crippen LogP contribution in [0.4, 0.5) is 11.4 Å². The minimum absolute atomic E-state index is 0.0186. The minimum Gasteiger partial charge on any atom is -0.508 e. The summed E-state index contributed by atoms with van der Waals surface area (Å²) in [6, 6.07) is 10.4. The van der Waals surface area contributed by atoms with Crippen LogP contribution >= 0.6 is 15.9 Å². The van der Waals surface area contributed by atoms with Crippen molar-refractivity contribution < 1.29 is 29.5 Å². The molecule has 3 fully saturated rings. The van der Waals surface area contributed by atoms with Gasteiger partial charge >= 0.3 is 0 Å². The average molecular weight is 545 g/mol. The lowest BCUT2D eigenvalue weighted by Gasteiger charge is -2.46. The van der Waals surface area contributed by atoms with E-state index < -0.39 is 52.3 Å². The quantitative estimate of drug-likeness (QED) is 0.333. The summed E-state index contributed by atoms with van der Waals surface area (Å²) in [6.07, 6.45) is -0.174. The van der Waals surface area contributed by atoms with Crippen molar-refractivity contribution in [1.82, 2.24) is 0 Å². The summed E-state index contributed by atoms with van der Waals surface area (Å²) in [6.45, 7) is 3.87. The van der Waals surface area contributed by atoms with Gasteiger partial charge in [-0.15, -0.1) is 0 Å². The molecule has 1 aliphatic carbocycles. The van der Waals surface area contributed by atoms with Gasteiger partial charge in [-0.25, -0.2) is 4.90 Å². The number of phenols is 1. The van der Waals surface area contributed by atoms with Gasteiger partial charge in [0.15, 0.2) is 5.79 Å². The highest BCUT2D eigenvalue weighted by Gasteiger charge is 2.67.